The van der Waals surface area contributed by atoms with Crippen LogP contribution in [0.15, 0.2) is 45.5 Å². The summed E-state index contributed by atoms with van der Waals surface area (Å²) in [5.41, 5.74) is 1.99. The van der Waals surface area contributed by atoms with Gasteiger partial charge in [-0.2, -0.15) is 11.3 Å². The zero-order valence-corrected chi connectivity index (χ0v) is 15.1. The Balaban J connectivity index is 1.39. The Kier molecular flexibility index (Phi) is 4.46. The van der Waals surface area contributed by atoms with Crippen molar-refractivity contribution < 1.29 is 13.9 Å². The molecule has 3 heterocycles. The number of likely N-dealkylation sites (N-methyl/N-ethyl adjacent to an activating group) is 1. The Hall–Kier alpha value is -2.31. The first kappa shape index (κ1) is 16.2. The Morgan fingerprint density at radius 3 is 2.88 bits per heavy atom. The third kappa shape index (κ3) is 3.55. The second-order valence-corrected chi connectivity index (χ2v) is 7.01. The van der Waals surface area contributed by atoms with Gasteiger partial charge in [-0.1, -0.05) is 12.1 Å². The molecule has 5 nitrogen and oxygen atoms in total. The van der Waals surface area contributed by atoms with Crippen molar-refractivity contribution >= 4 is 11.3 Å². The molecule has 4 rings (SSSR count). The van der Waals surface area contributed by atoms with Gasteiger partial charge < -0.3 is 13.9 Å². The quantitative estimate of drug-likeness (QED) is 0.692. The van der Waals surface area contributed by atoms with Crippen LogP contribution in [0.25, 0.3) is 11.5 Å². The summed E-state index contributed by atoms with van der Waals surface area (Å²) >= 11 is 1.64. The van der Waals surface area contributed by atoms with Gasteiger partial charge in [-0.25, -0.2) is 4.98 Å². The van der Waals surface area contributed by atoms with Crippen LogP contribution in [0.4, 0.5) is 0 Å². The summed E-state index contributed by atoms with van der Waals surface area (Å²) in [6.07, 6.45) is 0.00320. The predicted molar refractivity (Wildman–Crippen MR) is 97.2 cm³/mol. The highest BCUT2D eigenvalue weighted by Gasteiger charge is 2.23. The molecule has 1 aromatic carbocycles. The van der Waals surface area contributed by atoms with Crippen molar-refractivity contribution in [3.8, 4) is 23.0 Å². The number of aryl methyl sites for hydroxylation is 1. The number of para-hydroxylation sites is 2. The molecule has 2 aromatic heterocycles. The highest BCUT2D eigenvalue weighted by Crippen LogP contribution is 2.31. The Labute approximate surface area is 150 Å². The molecular weight excluding hydrogens is 336 g/mol. The summed E-state index contributed by atoms with van der Waals surface area (Å²) in [6, 6.07) is 9.80. The molecule has 0 N–H and O–H groups in total. The van der Waals surface area contributed by atoms with Crippen LogP contribution in [0, 0.1) is 6.92 Å². The minimum atomic E-state index is 0.00320. The summed E-state index contributed by atoms with van der Waals surface area (Å²) in [7, 11) is 2.06. The molecule has 0 aliphatic carbocycles. The lowest BCUT2D eigenvalue weighted by Crippen LogP contribution is -2.39. The first-order valence-electron chi connectivity index (χ1n) is 8.25. The molecule has 0 bridgehead atoms. The van der Waals surface area contributed by atoms with E-state index >= 15 is 0 Å². The van der Waals surface area contributed by atoms with Gasteiger partial charge >= 0.3 is 0 Å². The van der Waals surface area contributed by atoms with E-state index in [4.69, 9.17) is 13.9 Å². The second kappa shape index (κ2) is 6.90. The SMILES string of the molecule is Cc1oc(-c2ccsc2)nc1CN(C)CC1COc2ccccc2O1. The molecule has 6 heteroatoms. The molecule has 1 aliphatic rings. The number of oxazole rings is 1. The molecule has 0 spiro atoms. The molecule has 0 saturated heterocycles. The average molecular weight is 356 g/mol. The van der Waals surface area contributed by atoms with Gasteiger partial charge in [0, 0.05) is 24.0 Å². The number of fused-ring (bicyclic) bond motifs is 1. The van der Waals surface area contributed by atoms with Crippen molar-refractivity contribution in [2.24, 2.45) is 0 Å². The molecule has 130 valence electrons. The summed E-state index contributed by atoms with van der Waals surface area (Å²) in [5.74, 6) is 3.17. The van der Waals surface area contributed by atoms with E-state index in [0.717, 1.165) is 35.1 Å². The van der Waals surface area contributed by atoms with E-state index in [2.05, 4.69) is 16.9 Å². The Bertz CT molecular complexity index is 844. The monoisotopic (exact) mass is 356 g/mol. The van der Waals surface area contributed by atoms with Crippen LogP contribution < -0.4 is 9.47 Å². The van der Waals surface area contributed by atoms with Gasteiger partial charge in [0.15, 0.2) is 11.5 Å². The van der Waals surface area contributed by atoms with Crippen molar-refractivity contribution in [1.29, 1.82) is 0 Å². The van der Waals surface area contributed by atoms with Gasteiger partial charge in [0.25, 0.3) is 0 Å². The number of nitrogens with zero attached hydrogens (tertiary/aromatic N) is 2. The smallest absolute Gasteiger partial charge is 0.227 e. The topological polar surface area (TPSA) is 47.7 Å². The van der Waals surface area contributed by atoms with Crippen molar-refractivity contribution in [2.75, 3.05) is 20.2 Å². The lowest BCUT2D eigenvalue weighted by Gasteiger charge is -2.29. The van der Waals surface area contributed by atoms with Gasteiger partial charge in [-0.3, -0.25) is 4.90 Å². The fraction of sp³-hybridized carbons (Fsp3) is 0.316. The average Bonchev–Trinajstić information content (AvgIpc) is 3.25. The normalized spacial score (nSPS) is 16.4. The van der Waals surface area contributed by atoms with Crippen molar-refractivity contribution in [2.45, 2.75) is 19.6 Å². The first-order chi connectivity index (χ1) is 12.2. The fourth-order valence-electron chi connectivity index (χ4n) is 2.91. The van der Waals surface area contributed by atoms with E-state index in [9.17, 15) is 0 Å². The standard InChI is InChI=1S/C19H20N2O3S/c1-13-16(20-19(23-13)14-7-8-25-12-14)10-21(2)9-15-11-22-17-5-3-4-6-18(17)24-15/h3-8,12,15H,9-11H2,1-2H3. The number of hydrogen-bond donors (Lipinski definition) is 0. The molecular formula is C19H20N2O3S. The molecule has 3 aromatic rings. The van der Waals surface area contributed by atoms with Crippen LogP contribution >= 0.6 is 11.3 Å². The maximum atomic E-state index is 6.03. The molecule has 0 radical (unpaired) electrons. The fourth-order valence-corrected chi connectivity index (χ4v) is 3.53. The minimum Gasteiger partial charge on any atom is -0.486 e. The second-order valence-electron chi connectivity index (χ2n) is 6.23. The summed E-state index contributed by atoms with van der Waals surface area (Å²) in [4.78, 5) is 6.83. The van der Waals surface area contributed by atoms with Crippen LogP contribution in [0.5, 0.6) is 11.5 Å². The lowest BCUT2D eigenvalue weighted by atomic mass is 10.2. The van der Waals surface area contributed by atoms with Gasteiger partial charge in [0.1, 0.15) is 18.5 Å². The summed E-state index contributed by atoms with van der Waals surface area (Å²) < 4.78 is 17.6. The van der Waals surface area contributed by atoms with Crippen LogP contribution in [0.1, 0.15) is 11.5 Å². The maximum Gasteiger partial charge on any atom is 0.227 e. The molecule has 0 amide bonds. The summed E-state index contributed by atoms with van der Waals surface area (Å²) in [5, 5.41) is 4.07. The van der Waals surface area contributed by atoms with Crippen LogP contribution in [-0.4, -0.2) is 36.2 Å². The molecule has 1 unspecified atom stereocenters. The van der Waals surface area contributed by atoms with E-state index < -0.39 is 0 Å². The van der Waals surface area contributed by atoms with Crippen LogP contribution in [0.2, 0.25) is 0 Å². The third-order valence-electron chi connectivity index (χ3n) is 4.16. The van der Waals surface area contributed by atoms with Crippen LogP contribution in [-0.2, 0) is 6.54 Å². The van der Waals surface area contributed by atoms with Crippen molar-refractivity contribution in [3.63, 3.8) is 0 Å². The Morgan fingerprint density at radius 1 is 1.24 bits per heavy atom. The predicted octanol–water partition coefficient (Wildman–Crippen LogP) is 3.98. The molecule has 1 atom stereocenters. The van der Waals surface area contributed by atoms with E-state index in [1.807, 2.05) is 48.0 Å². The number of benzene rings is 1. The number of hydrogen-bond acceptors (Lipinski definition) is 6. The molecule has 1 aliphatic heterocycles. The minimum absolute atomic E-state index is 0.00320. The van der Waals surface area contributed by atoms with Gasteiger partial charge in [0.05, 0.1) is 5.69 Å². The highest BCUT2D eigenvalue weighted by molar-refractivity contribution is 7.08. The highest BCUT2D eigenvalue weighted by atomic mass is 32.1. The van der Waals surface area contributed by atoms with Crippen LogP contribution in [0.3, 0.4) is 0 Å². The van der Waals surface area contributed by atoms with Gasteiger partial charge in [-0.15, -0.1) is 0 Å². The van der Waals surface area contributed by atoms with E-state index in [-0.39, 0.29) is 6.10 Å². The number of thiophene rings is 1. The largest absolute Gasteiger partial charge is 0.486 e. The number of ether oxygens (including phenoxy) is 2. The lowest BCUT2D eigenvalue weighted by molar-refractivity contribution is 0.0634. The number of aromatic nitrogens is 1. The molecule has 0 saturated carbocycles. The Morgan fingerprint density at radius 2 is 2.08 bits per heavy atom. The zero-order chi connectivity index (χ0) is 17.2. The van der Waals surface area contributed by atoms with E-state index in [1.165, 1.54) is 0 Å². The molecule has 0 fully saturated rings. The third-order valence-corrected chi connectivity index (χ3v) is 4.85. The zero-order valence-electron chi connectivity index (χ0n) is 14.3. The molecule has 25 heavy (non-hydrogen) atoms. The van der Waals surface area contributed by atoms with Crippen molar-refractivity contribution in [1.82, 2.24) is 9.88 Å². The first-order valence-corrected chi connectivity index (χ1v) is 9.19. The van der Waals surface area contributed by atoms with Gasteiger partial charge in [0.2, 0.25) is 5.89 Å². The van der Waals surface area contributed by atoms with Gasteiger partial charge in [-0.05, 0) is 37.6 Å². The maximum absolute atomic E-state index is 6.03. The van der Waals surface area contributed by atoms with E-state index in [0.29, 0.717) is 19.0 Å². The van der Waals surface area contributed by atoms with Crippen molar-refractivity contribution in [3.05, 3.63) is 52.5 Å². The van der Waals surface area contributed by atoms with E-state index in [1.54, 1.807) is 11.3 Å². The number of rotatable bonds is 5. The summed E-state index contributed by atoms with van der Waals surface area (Å²) in [6.45, 7) is 3.98.